The number of carbonyl (C=O) groups is 1. The Morgan fingerprint density at radius 2 is 1.76 bits per heavy atom. The van der Waals surface area contributed by atoms with Gasteiger partial charge in [0.1, 0.15) is 17.4 Å². The molecular formula is C25H21ClFN3O3. The molecule has 1 amide bonds. The minimum Gasteiger partial charge on any atom is -0.497 e. The smallest absolute Gasteiger partial charge is 0.266 e. The summed E-state index contributed by atoms with van der Waals surface area (Å²) in [7, 11) is 3.18. The molecule has 0 bridgehead atoms. The van der Waals surface area contributed by atoms with Crippen LogP contribution in [0.2, 0.25) is 5.02 Å². The first kappa shape index (κ1) is 22.5. The number of hydrogen-bond donors (Lipinski definition) is 0. The van der Waals surface area contributed by atoms with E-state index in [1.165, 1.54) is 33.7 Å². The molecule has 0 spiro atoms. The van der Waals surface area contributed by atoms with E-state index in [1.807, 2.05) is 0 Å². The summed E-state index contributed by atoms with van der Waals surface area (Å²) in [5.74, 6) is 0.247. The number of nitrogens with zero attached hydrogens (tertiary/aromatic N) is 3. The monoisotopic (exact) mass is 465 g/mol. The fraction of sp³-hybridized carbons (Fsp3) is 0.160. The van der Waals surface area contributed by atoms with Gasteiger partial charge in [0.15, 0.2) is 0 Å². The van der Waals surface area contributed by atoms with Crippen LogP contribution in [0.3, 0.4) is 0 Å². The van der Waals surface area contributed by atoms with Gasteiger partial charge >= 0.3 is 0 Å². The normalized spacial score (nSPS) is 11.9. The predicted octanol–water partition coefficient (Wildman–Crippen LogP) is 5.02. The predicted molar refractivity (Wildman–Crippen MR) is 126 cm³/mol. The highest BCUT2D eigenvalue weighted by Gasteiger charge is 2.25. The summed E-state index contributed by atoms with van der Waals surface area (Å²) >= 11 is 6.14. The number of fused-ring (bicyclic) bond motifs is 1. The van der Waals surface area contributed by atoms with E-state index in [4.69, 9.17) is 21.3 Å². The SMILES string of the molecule is COc1ccc(-n2c(C(C)N(C)C(=O)c3ccc(F)cc3)nc3cc(Cl)ccc3c2=O)cc1. The number of hydrogen-bond acceptors (Lipinski definition) is 4. The molecule has 33 heavy (non-hydrogen) atoms. The standard InChI is InChI=1S/C25H21ClFN3O3/c1-15(29(2)24(31)16-4-7-18(27)8-5-16)23-28-22-14-17(26)6-13-21(22)25(32)30(23)19-9-11-20(33-3)12-10-19/h4-15H,1-3H3. The third-order valence-corrected chi connectivity index (χ3v) is 5.79. The van der Waals surface area contributed by atoms with Gasteiger partial charge in [-0.2, -0.15) is 0 Å². The van der Waals surface area contributed by atoms with Gasteiger partial charge in [0.2, 0.25) is 0 Å². The van der Waals surface area contributed by atoms with Crippen LogP contribution >= 0.6 is 11.6 Å². The summed E-state index contributed by atoms with van der Waals surface area (Å²) in [4.78, 5) is 32.8. The van der Waals surface area contributed by atoms with Crippen LogP contribution < -0.4 is 10.3 Å². The van der Waals surface area contributed by atoms with E-state index in [0.717, 1.165) is 0 Å². The summed E-state index contributed by atoms with van der Waals surface area (Å²) in [6.07, 6.45) is 0. The molecule has 8 heteroatoms. The molecule has 1 heterocycles. The third-order valence-electron chi connectivity index (χ3n) is 5.55. The van der Waals surface area contributed by atoms with Gasteiger partial charge in [0.25, 0.3) is 11.5 Å². The molecule has 1 atom stereocenters. The van der Waals surface area contributed by atoms with Crippen molar-refractivity contribution in [3.8, 4) is 11.4 Å². The van der Waals surface area contributed by atoms with Crippen LogP contribution in [0, 0.1) is 5.82 Å². The molecule has 4 aromatic rings. The lowest BCUT2D eigenvalue weighted by molar-refractivity contribution is 0.0735. The molecule has 6 nitrogen and oxygen atoms in total. The van der Waals surface area contributed by atoms with E-state index < -0.39 is 11.9 Å². The van der Waals surface area contributed by atoms with E-state index in [9.17, 15) is 14.0 Å². The molecule has 1 aromatic heterocycles. The summed E-state index contributed by atoms with van der Waals surface area (Å²) in [5.41, 5.74) is 1.05. The Morgan fingerprint density at radius 1 is 1.09 bits per heavy atom. The molecule has 0 N–H and O–H groups in total. The second-order valence-corrected chi connectivity index (χ2v) is 8.01. The zero-order valence-electron chi connectivity index (χ0n) is 18.3. The first-order chi connectivity index (χ1) is 15.8. The molecule has 3 aromatic carbocycles. The Balaban J connectivity index is 1.87. The van der Waals surface area contributed by atoms with E-state index in [2.05, 4.69) is 0 Å². The minimum absolute atomic E-state index is 0.286. The van der Waals surface area contributed by atoms with Gasteiger partial charge in [0.05, 0.1) is 29.7 Å². The molecule has 4 rings (SSSR count). The Morgan fingerprint density at radius 3 is 2.39 bits per heavy atom. The van der Waals surface area contributed by atoms with Crippen molar-refractivity contribution < 1.29 is 13.9 Å². The van der Waals surface area contributed by atoms with Crippen molar-refractivity contribution in [2.24, 2.45) is 0 Å². The maximum absolute atomic E-state index is 13.5. The van der Waals surface area contributed by atoms with E-state index in [0.29, 0.717) is 38.8 Å². The van der Waals surface area contributed by atoms with E-state index in [-0.39, 0.29) is 11.5 Å². The molecule has 0 saturated heterocycles. The number of rotatable bonds is 5. The number of methoxy groups -OCH3 is 1. The van der Waals surface area contributed by atoms with Crippen LogP contribution in [0.5, 0.6) is 5.75 Å². The highest BCUT2D eigenvalue weighted by molar-refractivity contribution is 6.31. The summed E-state index contributed by atoms with van der Waals surface area (Å²) in [6.45, 7) is 1.78. The zero-order chi connectivity index (χ0) is 23.7. The lowest BCUT2D eigenvalue weighted by Gasteiger charge is -2.27. The average molecular weight is 466 g/mol. The fourth-order valence-corrected chi connectivity index (χ4v) is 3.75. The van der Waals surface area contributed by atoms with E-state index >= 15 is 0 Å². The van der Waals surface area contributed by atoms with Crippen molar-refractivity contribution in [3.05, 3.63) is 99.3 Å². The topological polar surface area (TPSA) is 64.4 Å². The number of ether oxygens (including phenoxy) is 1. The molecule has 1 unspecified atom stereocenters. The van der Waals surface area contributed by atoms with Gasteiger partial charge in [0, 0.05) is 17.6 Å². The molecule has 0 aliphatic rings. The lowest BCUT2D eigenvalue weighted by atomic mass is 10.1. The maximum atomic E-state index is 13.5. The number of halogens is 2. The van der Waals surface area contributed by atoms with Gasteiger partial charge in [-0.25, -0.2) is 9.37 Å². The van der Waals surface area contributed by atoms with Crippen LogP contribution in [-0.2, 0) is 0 Å². The molecule has 0 saturated carbocycles. The van der Waals surface area contributed by atoms with Crippen LogP contribution in [0.15, 0.2) is 71.5 Å². The van der Waals surface area contributed by atoms with Gasteiger partial charge in [-0.1, -0.05) is 11.6 Å². The van der Waals surface area contributed by atoms with Crippen LogP contribution in [0.25, 0.3) is 16.6 Å². The van der Waals surface area contributed by atoms with Gasteiger partial charge in [-0.3, -0.25) is 14.2 Å². The Labute approximate surface area is 194 Å². The second kappa shape index (κ2) is 9.03. The summed E-state index contributed by atoms with van der Waals surface area (Å²) in [6, 6.07) is 16.6. The molecule has 168 valence electrons. The molecular weight excluding hydrogens is 445 g/mol. The van der Waals surface area contributed by atoms with Gasteiger partial charge in [-0.05, 0) is 73.7 Å². The largest absolute Gasteiger partial charge is 0.497 e. The van der Waals surface area contributed by atoms with Crippen LogP contribution in [0.4, 0.5) is 4.39 Å². The van der Waals surface area contributed by atoms with Crippen molar-refractivity contribution >= 4 is 28.4 Å². The Hall–Kier alpha value is -3.71. The number of aromatic nitrogens is 2. The average Bonchev–Trinajstić information content (AvgIpc) is 2.83. The minimum atomic E-state index is -0.597. The fourth-order valence-electron chi connectivity index (χ4n) is 3.58. The number of carbonyl (C=O) groups excluding carboxylic acids is 1. The van der Waals surface area contributed by atoms with Crippen LogP contribution in [-0.4, -0.2) is 34.5 Å². The highest BCUT2D eigenvalue weighted by atomic mass is 35.5. The summed E-state index contributed by atoms with van der Waals surface area (Å²) < 4.78 is 20.0. The van der Waals surface area contributed by atoms with Crippen molar-refractivity contribution in [1.29, 1.82) is 0 Å². The van der Waals surface area contributed by atoms with Crippen molar-refractivity contribution in [1.82, 2.24) is 14.5 Å². The molecule has 0 fully saturated rings. The Kier molecular flexibility index (Phi) is 6.16. The van der Waals surface area contributed by atoms with Crippen molar-refractivity contribution in [2.75, 3.05) is 14.2 Å². The van der Waals surface area contributed by atoms with Crippen LogP contribution in [0.1, 0.15) is 29.1 Å². The number of benzene rings is 3. The first-order valence-electron chi connectivity index (χ1n) is 10.2. The zero-order valence-corrected chi connectivity index (χ0v) is 19.0. The maximum Gasteiger partial charge on any atom is 0.266 e. The molecule has 0 radical (unpaired) electrons. The molecule has 0 aliphatic heterocycles. The highest BCUT2D eigenvalue weighted by Crippen LogP contribution is 2.25. The first-order valence-corrected chi connectivity index (χ1v) is 10.6. The van der Waals surface area contributed by atoms with Gasteiger partial charge in [-0.15, -0.1) is 0 Å². The summed E-state index contributed by atoms with van der Waals surface area (Å²) in [5, 5.41) is 0.852. The Bertz CT molecular complexity index is 1390. The third kappa shape index (κ3) is 4.32. The van der Waals surface area contributed by atoms with Crippen molar-refractivity contribution in [2.45, 2.75) is 13.0 Å². The number of amides is 1. The van der Waals surface area contributed by atoms with Crippen molar-refractivity contribution in [3.63, 3.8) is 0 Å². The quantitative estimate of drug-likeness (QED) is 0.415. The molecule has 0 aliphatic carbocycles. The lowest BCUT2D eigenvalue weighted by Crippen LogP contribution is -2.34. The second-order valence-electron chi connectivity index (χ2n) is 7.57. The van der Waals surface area contributed by atoms with Gasteiger partial charge < -0.3 is 9.64 Å². The van der Waals surface area contributed by atoms with E-state index in [1.54, 1.807) is 63.5 Å².